The Labute approximate surface area is 206 Å². The van der Waals surface area contributed by atoms with E-state index in [1.165, 1.54) is 65.7 Å². The molecule has 2 aromatic rings. The van der Waals surface area contributed by atoms with Crippen molar-refractivity contribution in [3.63, 3.8) is 0 Å². The Bertz CT molecular complexity index is 638. The molecule has 1 heterocycles. The predicted molar refractivity (Wildman–Crippen MR) is 135 cm³/mol. The normalized spacial score (nSPS) is 21.0. The van der Waals surface area contributed by atoms with Gasteiger partial charge >= 0.3 is 27.0 Å². The van der Waals surface area contributed by atoms with Crippen LogP contribution in [-0.2, 0) is 17.3 Å². The number of rotatable bonds is 4. The molecule has 0 aromatic heterocycles. The third-order valence-corrected chi connectivity index (χ3v) is 9.16. The molecule has 1 aliphatic heterocycles. The second-order valence-electron chi connectivity index (χ2n) is 8.20. The zero-order valence-corrected chi connectivity index (χ0v) is 22.7. The first-order valence-corrected chi connectivity index (χ1v) is 14.7. The van der Waals surface area contributed by atoms with Crippen LogP contribution in [0.3, 0.4) is 0 Å². The largest absolute Gasteiger partial charge is 0.314 e. The van der Waals surface area contributed by atoms with Crippen molar-refractivity contribution >= 4 is 28.2 Å². The van der Waals surface area contributed by atoms with Crippen molar-refractivity contribution in [2.45, 2.75) is 53.5 Å². The monoisotopic (exact) mass is 541 g/mol. The Morgan fingerprint density at radius 1 is 0.742 bits per heavy atom. The van der Waals surface area contributed by atoms with Crippen molar-refractivity contribution in [1.29, 1.82) is 0 Å². The zero-order chi connectivity index (χ0) is 22.8. The van der Waals surface area contributed by atoms with Crippen LogP contribution < -0.4 is 15.9 Å². The van der Waals surface area contributed by atoms with Crippen molar-refractivity contribution in [2.75, 3.05) is 12.7 Å². The topological polar surface area (TPSA) is 12.0 Å². The Kier molecular flexibility index (Phi) is 12.3. The van der Waals surface area contributed by atoms with Gasteiger partial charge in [0.1, 0.15) is 0 Å². The van der Waals surface area contributed by atoms with Gasteiger partial charge in [-0.25, -0.2) is 0 Å². The van der Waals surface area contributed by atoms with Gasteiger partial charge in [0.05, 0.1) is 0 Å². The van der Waals surface area contributed by atoms with E-state index in [1.54, 1.807) is 0 Å². The molecule has 0 amide bonds. The van der Waals surface area contributed by atoms with Gasteiger partial charge in [0.25, 0.3) is 0 Å². The van der Waals surface area contributed by atoms with E-state index in [0.717, 1.165) is 0 Å². The van der Waals surface area contributed by atoms with Gasteiger partial charge in [0, 0.05) is 6.04 Å². The molecule has 0 unspecified atom stereocenters. The van der Waals surface area contributed by atoms with Crippen molar-refractivity contribution in [3.8, 4) is 0 Å². The number of nitrogens with one attached hydrogen (secondary N) is 1. The molecular formula is C27H35ClNPRu+. The van der Waals surface area contributed by atoms with Crippen LogP contribution >= 0.6 is 17.6 Å². The van der Waals surface area contributed by atoms with Gasteiger partial charge in [-0.1, -0.05) is 95.3 Å². The minimum Gasteiger partial charge on any atom is -0.314 e. The van der Waals surface area contributed by atoms with E-state index in [4.69, 9.17) is 0 Å². The molecular weight excluding hydrogens is 506 g/mol. The third kappa shape index (κ3) is 7.64. The fourth-order valence-electron chi connectivity index (χ4n) is 4.11. The maximum Gasteiger partial charge on any atom is 0.0113 e. The first kappa shape index (κ1) is 27.0. The summed E-state index contributed by atoms with van der Waals surface area (Å²) in [5.74, 6) is 7.34. The number of halogens is 1. The quantitative estimate of drug-likeness (QED) is 0.343. The van der Waals surface area contributed by atoms with Crippen LogP contribution in [0.5, 0.6) is 0 Å². The van der Waals surface area contributed by atoms with Crippen LogP contribution in [0.1, 0.15) is 47.5 Å². The summed E-state index contributed by atoms with van der Waals surface area (Å²) in [6, 6.07) is 22.7. The maximum atomic E-state index is 4.57. The fraction of sp³-hybridized carbons (Fsp3) is 0.370. The SMILES string of the molecule is C[C]1[C](C)[C](C)[C](C)[C]1C.[Cl][Ru+].c1ccc(P(C[C@@H]2CCCN2)c2ccccc2)cc1. The van der Waals surface area contributed by atoms with Crippen molar-refractivity contribution < 1.29 is 17.3 Å². The first-order chi connectivity index (χ1) is 15.0. The molecule has 167 valence electrons. The predicted octanol–water partition coefficient (Wildman–Crippen LogP) is 6.53. The summed E-state index contributed by atoms with van der Waals surface area (Å²) >= 11 is 1.82. The molecule has 1 atom stereocenters. The fourth-order valence-corrected chi connectivity index (χ4v) is 6.65. The van der Waals surface area contributed by atoms with E-state index in [9.17, 15) is 0 Å². The van der Waals surface area contributed by atoms with Crippen molar-refractivity contribution in [3.05, 3.63) is 90.3 Å². The van der Waals surface area contributed by atoms with Crippen LogP contribution in [0.15, 0.2) is 60.7 Å². The molecule has 0 bridgehead atoms. The van der Waals surface area contributed by atoms with E-state index < -0.39 is 0 Å². The summed E-state index contributed by atoms with van der Waals surface area (Å²) < 4.78 is 0. The van der Waals surface area contributed by atoms with Crippen LogP contribution in [-0.4, -0.2) is 18.7 Å². The van der Waals surface area contributed by atoms with E-state index in [0.29, 0.717) is 6.04 Å². The number of hydrogen-bond acceptors (Lipinski definition) is 1. The molecule has 2 fully saturated rings. The Hall–Kier alpha value is -0.257. The molecule has 31 heavy (non-hydrogen) atoms. The molecule has 1 nitrogen and oxygen atoms in total. The number of benzene rings is 2. The van der Waals surface area contributed by atoms with Crippen LogP contribution in [0.25, 0.3) is 0 Å². The Morgan fingerprint density at radius 2 is 1.13 bits per heavy atom. The average molecular weight is 541 g/mol. The Balaban J connectivity index is 0.000000241. The molecule has 1 saturated carbocycles. The molecule has 2 aromatic carbocycles. The first-order valence-electron chi connectivity index (χ1n) is 10.9. The van der Waals surface area contributed by atoms with E-state index >= 15 is 0 Å². The summed E-state index contributed by atoms with van der Waals surface area (Å²) in [6.07, 6.45) is 3.93. The number of hydrogen-bond donors (Lipinski definition) is 1. The Morgan fingerprint density at radius 3 is 1.45 bits per heavy atom. The van der Waals surface area contributed by atoms with Gasteiger partial charge in [-0.3, -0.25) is 0 Å². The minimum atomic E-state index is -0.224. The van der Waals surface area contributed by atoms with E-state index in [1.807, 2.05) is 17.3 Å². The molecule has 2 aliphatic rings. The summed E-state index contributed by atoms with van der Waals surface area (Å²) in [7, 11) is 4.34. The molecule has 1 N–H and O–H groups in total. The standard InChI is InChI=1S/C17H20NP.C10H15.ClH.Ru/c1-3-9-16(10-4-1)19(14-15-8-7-13-18-15)17-11-5-2-6-12-17;1-6-7(2)9(4)10(5)8(6)3;;/h1-6,9-12,15,18H,7-8,13-14H2;1-5H3;1H;/q;;;+2/p-1/t15-;;;/m0.../s1. The second kappa shape index (κ2) is 14.1. The summed E-state index contributed by atoms with van der Waals surface area (Å²) in [4.78, 5) is 0. The molecule has 1 saturated heterocycles. The second-order valence-corrected chi connectivity index (χ2v) is 10.5. The molecule has 1 aliphatic carbocycles. The zero-order valence-electron chi connectivity index (χ0n) is 19.4. The summed E-state index contributed by atoms with van der Waals surface area (Å²) in [5.41, 5.74) is 0. The van der Waals surface area contributed by atoms with E-state index in [-0.39, 0.29) is 7.92 Å². The summed E-state index contributed by atoms with van der Waals surface area (Å²) in [5, 5.41) is 6.64. The third-order valence-electron chi connectivity index (χ3n) is 6.51. The van der Waals surface area contributed by atoms with E-state index in [2.05, 4.69) is 110 Å². The van der Waals surface area contributed by atoms with Gasteiger partial charge < -0.3 is 5.32 Å². The van der Waals surface area contributed by atoms with Crippen LogP contribution in [0, 0.1) is 29.6 Å². The van der Waals surface area contributed by atoms with Gasteiger partial charge in [0.2, 0.25) is 0 Å². The molecule has 5 radical (unpaired) electrons. The minimum absolute atomic E-state index is 0.224. The van der Waals surface area contributed by atoms with Gasteiger partial charge in [-0.05, 0) is 73.7 Å². The molecule has 4 heteroatoms. The molecule has 0 spiro atoms. The maximum absolute atomic E-state index is 4.57. The van der Waals surface area contributed by atoms with Crippen molar-refractivity contribution in [2.24, 2.45) is 0 Å². The smallest absolute Gasteiger partial charge is 0.0113 e. The van der Waals surface area contributed by atoms with Crippen LogP contribution in [0.2, 0.25) is 0 Å². The average Bonchev–Trinajstić information content (AvgIpc) is 3.41. The van der Waals surface area contributed by atoms with Crippen LogP contribution in [0.4, 0.5) is 0 Å². The van der Waals surface area contributed by atoms with Crippen molar-refractivity contribution in [1.82, 2.24) is 5.32 Å². The molecule has 4 rings (SSSR count). The van der Waals surface area contributed by atoms with Gasteiger partial charge in [-0.15, -0.1) is 0 Å². The summed E-state index contributed by atoms with van der Waals surface area (Å²) in [6.45, 7) is 12.2. The van der Waals surface area contributed by atoms with Gasteiger partial charge in [0.15, 0.2) is 0 Å². The van der Waals surface area contributed by atoms with Gasteiger partial charge in [-0.2, -0.15) is 0 Å².